The van der Waals surface area contributed by atoms with Gasteiger partial charge in [0.25, 0.3) is 5.91 Å². The maximum atomic E-state index is 12.2. The highest BCUT2D eigenvalue weighted by Crippen LogP contribution is 2.18. The van der Waals surface area contributed by atoms with Gasteiger partial charge in [-0.2, -0.15) is 12.7 Å². The molecule has 0 aromatic heterocycles. The molecule has 26 heavy (non-hydrogen) atoms. The Labute approximate surface area is 155 Å². The zero-order chi connectivity index (χ0) is 19.2. The Balaban J connectivity index is 1.88. The molecular formula is C19H25N3O3S. The fourth-order valence-corrected chi connectivity index (χ4v) is 3.32. The minimum Gasteiger partial charge on any atom is -0.352 e. The third-order valence-electron chi connectivity index (χ3n) is 4.07. The average molecular weight is 375 g/mol. The second-order valence-electron chi connectivity index (χ2n) is 6.15. The molecule has 6 nitrogen and oxygen atoms in total. The number of hydrogen-bond donors (Lipinski definition) is 1. The van der Waals surface area contributed by atoms with Crippen LogP contribution in [0.5, 0.6) is 0 Å². The summed E-state index contributed by atoms with van der Waals surface area (Å²) in [7, 11) is 0.890. The Morgan fingerprint density at radius 2 is 1.58 bits per heavy atom. The number of hydrogen-bond acceptors (Lipinski definition) is 3. The summed E-state index contributed by atoms with van der Waals surface area (Å²) in [6, 6.07) is 16.6. The maximum Gasteiger partial charge on any atom is 0.303 e. The molecule has 0 atom stereocenters. The molecule has 0 unspecified atom stereocenters. The van der Waals surface area contributed by atoms with Crippen molar-refractivity contribution in [1.29, 1.82) is 0 Å². The number of amides is 1. The highest BCUT2D eigenvalue weighted by molar-refractivity contribution is 7.90. The maximum absolute atomic E-state index is 12.2. The van der Waals surface area contributed by atoms with Crippen LogP contribution in [0, 0.1) is 0 Å². The predicted octanol–water partition coefficient (Wildman–Crippen LogP) is 2.29. The first-order valence-corrected chi connectivity index (χ1v) is 9.80. The third-order valence-corrected chi connectivity index (χ3v) is 5.90. The molecule has 0 aliphatic rings. The van der Waals surface area contributed by atoms with Crippen LogP contribution in [0.3, 0.4) is 0 Å². The van der Waals surface area contributed by atoms with E-state index < -0.39 is 10.2 Å². The normalized spacial score (nSPS) is 11.4. The van der Waals surface area contributed by atoms with Crippen LogP contribution in [0.25, 0.3) is 0 Å². The van der Waals surface area contributed by atoms with Gasteiger partial charge in [0.15, 0.2) is 0 Å². The largest absolute Gasteiger partial charge is 0.352 e. The number of aryl methyl sites for hydroxylation is 1. The number of anilines is 1. The molecule has 0 saturated heterocycles. The van der Waals surface area contributed by atoms with Crippen molar-refractivity contribution in [2.75, 3.05) is 32.0 Å². The molecule has 2 aromatic rings. The van der Waals surface area contributed by atoms with Crippen molar-refractivity contribution in [3.8, 4) is 0 Å². The zero-order valence-corrected chi connectivity index (χ0v) is 16.2. The standard InChI is InChI=1S/C19H25N3O3S/c1-21(2)26(24,25)22(3)18-13-11-17(12-14-18)19(23)20-15-7-10-16-8-5-4-6-9-16/h4-6,8-9,11-14H,7,10,15H2,1-3H3,(H,20,23). The molecule has 0 bridgehead atoms. The number of carbonyl (C=O) groups excluding carboxylic acids is 1. The first-order valence-electron chi connectivity index (χ1n) is 8.41. The van der Waals surface area contributed by atoms with E-state index in [-0.39, 0.29) is 5.91 Å². The van der Waals surface area contributed by atoms with Crippen molar-refractivity contribution in [3.05, 3.63) is 65.7 Å². The van der Waals surface area contributed by atoms with Gasteiger partial charge in [0.05, 0.1) is 5.69 Å². The Hall–Kier alpha value is -2.38. The fourth-order valence-electron chi connectivity index (χ4n) is 2.44. The van der Waals surface area contributed by atoms with Crippen LogP contribution in [0.15, 0.2) is 54.6 Å². The summed E-state index contributed by atoms with van der Waals surface area (Å²) in [5, 5.41) is 2.89. The zero-order valence-electron chi connectivity index (χ0n) is 15.3. The first kappa shape index (κ1) is 19.9. The summed E-state index contributed by atoms with van der Waals surface area (Å²) in [5.41, 5.74) is 2.25. The van der Waals surface area contributed by atoms with Gasteiger partial charge in [-0.05, 0) is 42.7 Å². The van der Waals surface area contributed by atoms with E-state index in [1.807, 2.05) is 18.2 Å². The Morgan fingerprint density at radius 1 is 0.962 bits per heavy atom. The molecule has 2 rings (SSSR count). The van der Waals surface area contributed by atoms with Crippen molar-refractivity contribution in [2.45, 2.75) is 12.8 Å². The third kappa shape index (κ3) is 5.06. The van der Waals surface area contributed by atoms with Gasteiger partial charge in [-0.25, -0.2) is 0 Å². The van der Waals surface area contributed by atoms with E-state index in [9.17, 15) is 13.2 Å². The lowest BCUT2D eigenvalue weighted by Gasteiger charge is -2.23. The van der Waals surface area contributed by atoms with Gasteiger partial charge in [0.1, 0.15) is 0 Å². The molecular weight excluding hydrogens is 350 g/mol. The molecule has 7 heteroatoms. The second kappa shape index (κ2) is 8.82. The van der Waals surface area contributed by atoms with Gasteiger partial charge < -0.3 is 5.32 Å². The van der Waals surface area contributed by atoms with Crippen molar-refractivity contribution < 1.29 is 13.2 Å². The highest BCUT2D eigenvalue weighted by Gasteiger charge is 2.20. The molecule has 0 aliphatic heterocycles. The first-order chi connectivity index (χ1) is 12.3. The van der Waals surface area contributed by atoms with Crippen LogP contribution < -0.4 is 9.62 Å². The van der Waals surface area contributed by atoms with E-state index in [0.717, 1.165) is 17.1 Å². The van der Waals surface area contributed by atoms with Crippen LogP contribution in [-0.4, -0.2) is 46.3 Å². The number of nitrogens with zero attached hydrogens (tertiary/aromatic N) is 2. The number of benzene rings is 2. The molecule has 0 radical (unpaired) electrons. The smallest absolute Gasteiger partial charge is 0.303 e. The minimum atomic E-state index is -3.54. The van der Waals surface area contributed by atoms with E-state index in [0.29, 0.717) is 17.8 Å². The van der Waals surface area contributed by atoms with Crippen molar-refractivity contribution in [1.82, 2.24) is 9.62 Å². The minimum absolute atomic E-state index is 0.164. The predicted molar refractivity (Wildman–Crippen MR) is 105 cm³/mol. The summed E-state index contributed by atoms with van der Waals surface area (Å²) >= 11 is 0. The fraction of sp³-hybridized carbons (Fsp3) is 0.316. The molecule has 0 saturated carbocycles. The summed E-state index contributed by atoms with van der Waals surface area (Å²) in [5.74, 6) is -0.164. The van der Waals surface area contributed by atoms with Crippen molar-refractivity contribution >= 4 is 21.8 Å². The number of rotatable bonds is 8. The number of carbonyl (C=O) groups is 1. The summed E-state index contributed by atoms with van der Waals surface area (Å²) in [4.78, 5) is 12.2. The molecule has 0 fully saturated rings. The number of nitrogens with one attached hydrogen (secondary N) is 1. The molecule has 0 heterocycles. The van der Waals surface area contributed by atoms with Gasteiger partial charge in [-0.1, -0.05) is 30.3 Å². The lowest BCUT2D eigenvalue weighted by molar-refractivity contribution is 0.0953. The van der Waals surface area contributed by atoms with Crippen LogP contribution in [0.2, 0.25) is 0 Å². The topological polar surface area (TPSA) is 69.7 Å². The van der Waals surface area contributed by atoms with Gasteiger partial charge in [-0.15, -0.1) is 0 Å². The van der Waals surface area contributed by atoms with E-state index >= 15 is 0 Å². The SMILES string of the molecule is CN(C)S(=O)(=O)N(C)c1ccc(C(=O)NCCCc2ccccc2)cc1. The van der Waals surface area contributed by atoms with Crippen LogP contribution in [0.4, 0.5) is 5.69 Å². The molecule has 140 valence electrons. The molecule has 0 aliphatic carbocycles. The van der Waals surface area contributed by atoms with Gasteiger partial charge >= 0.3 is 10.2 Å². The average Bonchev–Trinajstić information content (AvgIpc) is 2.65. The van der Waals surface area contributed by atoms with Crippen LogP contribution in [-0.2, 0) is 16.6 Å². The molecule has 1 N–H and O–H groups in total. The highest BCUT2D eigenvalue weighted by atomic mass is 32.2. The second-order valence-corrected chi connectivity index (χ2v) is 8.32. The molecule has 1 amide bonds. The lowest BCUT2D eigenvalue weighted by atomic mass is 10.1. The van der Waals surface area contributed by atoms with Gasteiger partial charge in [0, 0.05) is 33.3 Å². The monoisotopic (exact) mass is 375 g/mol. The Morgan fingerprint density at radius 3 is 2.15 bits per heavy atom. The van der Waals surface area contributed by atoms with E-state index in [1.165, 1.54) is 31.0 Å². The van der Waals surface area contributed by atoms with Gasteiger partial charge in [0.2, 0.25) is 0 Å². The Bertz CT molecular complexity index is 819. The quantitative estimate of drug-likeness (QED) is 0.720. The lowest BCUT2D eigenvalue weighted by Crippen LogP contribution is -2.37. The molecule has 0 spiro atoms. The Kier molecular flexibility index (Phi) is 6.76. The van der Waals surface area contributed by atoms with E-state index in [4.69, 9.17) is 0 Å². The van der Waals surface area contributed by atoms with Crippen LogP contribution >= 0.6 is 0 Å². The van der Waals surface area contributed by atoms with Crippen molar-refractivity contribution in [2.24, 2.45) is 0 Å². The molecule has 2 aromatic carbocycles. The van der Waals surface area contributed by atoms with Crippen LogP contribution in [0.1, 0.15) is 22.3 Å². The van der Waals surface area contributed by atoms with E-state index in [2.05, 4.69) is 17.4 Å². The van der Waals surface area contributed by atoms with Gasteiger partial charge in [-0.3, -0.25) is 9.10 Å². The summed E-state index contributed by atoms with van der Waals surface area (Å²) < 4.78 is 26.5. The summed E-state index contributed by atoms with van der Waals surface area (Å²) in [6.07, 6.45) is 1.77. The van der Waals surface area contributed by atoms with Crippen molar-refractivity contribution in [3.63, 3.8) is 0 Å². The summed E-state index contributed by atoms with van der Waals surface area (Å²) in [6.45, 7) is 0.588. The van der Waals surface area contributed by atoms with E-state index in [1.54, 1.807) is 24.3 Å².